The van der Waals surface area contributed by atoms with Crippen LogP contribution in [0.5, 0.6) is 5.75 Å². The number of nitro groups is 1. The molecule has 0 saturated heterocycles. The van der Waals surface area contributed by atoms with Gasteiger partial charge in [-0.05, 0) is 55.8 Å². The van der Waals surface area contributed by atoms with E-state index >= 15 is 0 Å². The van der Waals surface area contributed by atoms with E-state index in [-0.39, 0.29) is 77.4 Å². The topological polar surface area (TPSA) is 213 Å². The molecule has 0 spiro atoms. The highest BCUT2D eigenvalue weighted by molar-refractivity contribution is 6.07. The van der Waals surface area contributed by atoms with E-state index in [0.717, 1.165) is 0 Å². The number of amides is 2. The van der Waals surface area contributed by atoms with Crippen LogP contribution in [0.2, 0.25) is 0 Å². The molecule has 1 heterocycles. The molecule has 260 valence electrons. The summed E-state index contributed by atoms with van der Waals surface area (Å²) in [6.07, 6.45) is 0. The van der Waals surface area contributed by atoms with Crippen molar-refractivity contribution < 1.29 is 48.2 Å². The van der Waals surface area contributed by atoms with Gasteiger partial charge in [-0.1, -0.05) is 24.3 Å². The van der Waals surface area contributed by atoms with Gasteiger partial charge in [0.1, 0.15) is 31.5 Å². The largest absolute Gasteiger partial charge is 0.507 e. The quantitative estimate of drug-likeness (QED) is 0.0766. The fraction of sp³-hybridized carbons (Fsp3) is 0.257. The molecule has 3 aromatic carbocycles. The van der Waals surface area contributed by atoms with Crippen molar-refractivity contribution in [3.8, 4) is 5.75 Å². The molecule has 2 unspecified atom stereocenters. The summed E-state index contributed by atoms with van der Waals surface area (Å²) in [5, 5.41) is 26.6. The highest BCUT2D eigenvalue weighted by atomic mass is 16.6. The first-order valence-electron chi connectivity index (χ1n) is 15.3. The predicted molar refractivity (Wildman–Crippen MR) is 179 cm³/mol. The monoisotopic (exact) mass is 686 g/mol. The van der Waals surface area contributed by atoms with Crippen LogP contribution in [-0.4, -0.2) is 71.8 Å². The minimum absolute atomic E-state index is 0.0358. The maximum atomic E-state index is 13.6. The fourth-order valence-corrected chi connectivity index (χ4v) is 5.29. The molecule has 2 atom stereocenters. The zero-order chi connectivity index (χ0) is 36.4. The Morgan fingerprint density at radius 3 is 2.24 bits per heavy atom. The van der Waals surface area contributed by atoms with Gasteiger partial charge in [0.15, 0.2) is 0 Å². The molecule has 3 aromatic rings. The van der Waals surface area contributed by atoms with Crippen LogP contribution >= 0.6 is 0 Å². The average Bonchev–Trinajstić information content (AvgIpc) is 3.08. The SMILES string of the molecule is CC(=O)Nc1ccc(C(=O)OCCOC(=O)C2C(C)=NC(C)=C(C(=O)OCCNC(=O)c3ccccc3O)C2c2cccc([N+](=O)[O-])c2)cc1. The van der Waals surface area contributed by atoms with Crippen LogP contribution in [0.15, 0.2) is 89.1 Å². The molecule has 50 heavy (non-hydrogen) atoms. The fourth-order valence-electron chi connectivity index (χ4n) is 5.29. The number of aliphatic imine (C=N–C) groups is 1. The van der Waals surface area contributed by atoms with E-state index < -0.39 is 40.6 Å². The zero-order valence-electron chi connectivity index (χ0n) is 27.3. The van der Waals surface area contributed by atoms with Crippen molar-refractivity contribution in [3.05, 3.63) is 111 Å². The number of non-ortho nitro benzene ring substituents is 1. The van der Waals surface area contributed by atoms with E-state index in [0.29, 0.717) is 5.69 Å². The number of nitrogens with one attached hydrogen (secondary N) is 2. The summed E-state index contributed by atoms with van der Waals surface area (Å²) >= 11 is 0. The average molecular weight is 687 g/mol. The Morgan fingerprint density at radius 1 is 0.880 bits per heavy atom. The van der Waals surface area contributed by atoms with Crippen LogP contribution in [0, 0.1) is 16.0 Å². The van der Waals surface area contributed by atoms with Gasteiger partial charge in [-0.25, -0.2) is 9.59 Å². The lowest BCUT2D eigenvalue weighted by atomic mass is 9.75. The molecule has 0 aliphatic carbocycles. The second kappa shape index (κ2) is 16.6. The normalized spacial score (nSPS) is 15.3. The van der Waals surface area contributed by atoms with Crippen molar-refractivity contribution in [2.75, 3.05) is 31.7 Å². The van der Waals surface area contributed by atoms with Crippen LogP contribution in [0.4, 0.5) is 11.4 Å². The Morgan fingerprint density at radius 2 is 1.56 bits per heavy atom. The van der Waals surface area contributed by atoms with Gasteiger partial charge in [0, 0.05) is 42.1 Å². The smallest absolute Gasteiger partial charge is 0.338 e. The zero-order valence-corrected chi connectivity index (χ0v) is 27.3. The standard InChI is InChI=1S/C35H34N4O11/c1-20-29(34(44)48-16-15-36-32(42)27-9-4-5-10-28(27)41)31(24-7-6-8-26(19-24)39(46)47)30(21(2)37-20)35(45)50-18-17-49-33(43)23-11-13-25(14-12-23)38-22(3)40/h4-14,19,30-31,41H,15-18H2,1-3H3,(H,36,42)(H,38,40). The third-order valence-corrected chi connectivity index (χ3v) is 7.51. The molecule has 3 N–H and O–H groups in total. The molecule has 15 heteroatoms. The molecule has 1 aliphatic heterocycles. The summed E-state index contributed by atoms with van der Waals surface area (Å²) in [4.78, 5) is 78.6. The number of ether oxygens (including phenoxy) is 3. The van der Waals surface area contributed by atoms with Crippen molar-refractivity contribution in [2.45, 2.75) is 26.7 Å². The van der Waals surface area contributed by atoms with Gasteiger partial charge >= 0.3 is 17.9 Å². The lowest BCUT2D eigenvalue weighted by Gasteiger charge is -2.31. The Balaban J connectivity index is 1.46. The summed E-state index contributed by atoms with van der Waals surface area (Å²) in [5.74, 6) is -5.78. The number of nitrogens with zero attached hydrogens (tertiary/aromatic N) is 2. The summed E-state index contributed by atoms with van der Waals surface area (Å²) in [6.45, 7) is 3.40. The van der Waals surface area contributed by atoms with Crippen molar-refractivity contribution in [1.82, 2.24) is 5.32 Å². The highest BCUT2D eigenvalue weighted by Crippen LogP contribution is 2.41. The molecular weight excluding hydrogens is 652 g/mol. The first-order valence-corrected chi connectivity index (χ1v) is 15.3. The van der Waals surface area contributed by atoms with Crippen LogP contribution < -0.4 is 10.6 Å². The number of carbonyl (C=O) groups is 5. The molecule has 0 fully saturated rings. The van der Waals surface area contributed by atoms with Gasteiger partial charge in [-0.3, -0.25) is 29.5 Å². The summed E-state index contributed by atoms with van der Waals surface area (Å²) < 4.78 is 16.1. The molecule has 0 radical (unpaired) electrons. The van der Waals surface area contributed by atoms with E-state index in [1.165, 1.54) is 74.5 Å². The molecule has 0 bridgehead atoms. The van der Waals surface area contributed by atoms with Gasteiger partial charge in [0.25, 0.3) is 11.6 Å². The second-order valence-electron chi connectivity index (χ2n) is 11.0. The number of rotatable bonds is 13. The van der Waals surface area contributed by atoms with Crippen molar-refractivity contribution in [3.63, 3.8) is 0 Å². The number of esters is 3. The summed E-state index contributed by atoms with van der Waals surface area (Å²) in [6, 6.07) is 17.4. The van der Waals surface area contributed by atoms with Gasteiger partial charge in [0.2, 0.25) is 5.91 Å². The van der Waals surface area contributed by atoms with Crippen LogP contribution in [0.25, 0.3) is 0 Å². The second-order valence-corrected chi connectivity index (χ2v) is 11.0. The maximum Gasteiger partial charge on any atom is 0.338 e. The molecule has 0 aromatic heterocycles. The Bertz CT molecular complexity index is 1870. The number of aromatic hydroxyl groups is 1. The maximum absolute atomic E-state index is 13.6. The highest BCUT2D eigenvalue weighted by Gasteiger charge is 2.43. The van der Waals surface area contributed by atoms with Crippen molar-refractivity contribution >= 4 is 46.8 Å². The van der Waals surface area contributed by atoms with E-state index in [9.17, 15) is 39.2 Å². The molecule has 2 amide bonds. The number of hydrogen-bond acceptors (Lipinski definition) is 12. The molecule has 0 saturated carbocycles. The molecule has 1 aliphatic rings. The number of carbonyl (C=O) groups excluding carboxylic acids is 5. The predicted octanol–water partition coefficient (Wildman–Crippen LogP) is 4.08. The number of phenols is 1. The number of phenolic OH excluding ortho intramolecular Hbond substituents is 1. The molecule has 4 rings (SSSR count). The van der Waals surface area contributed by atoms with Crippen LogP contribution in [0.1, 0.15) is 53.0 Å². The first kappa shape index (κ1) is 36.5. The minimum atomic E-state index is -1.21. The number of allylic oxidation sites excluding steroid dienone is 1. The van der Waals surface area contributed by atoms with Gasteiger partial charge in [0.05, 0.1) is 28.2 Å². The third-order valence-electron chi connectivity index (χ3n) is 7.51. The number of hydrogen-bond donors (Lipinski definition) is 3. The summed E-state index contributed by atoms with van der Waals surface area (Å²) in [7, 11) is 0. The lowest BCUT2D eigenvalue weighted by Crippen LogP contribution is -2.37. The van der Waals surface area contributed by atoms with E-state index in [1.54, 1.807) is 19.1 Å². The molecule has 15 nitrogen and oxygen atoms in total. The number of nitro benzene ring substituents is 1. The van der Waals surface area contributed by atoms with Gasteiger partial charge in [-0.2, -0.15) is 0 Å². The lowest BCUT2D eigenvalue weighted by molar-refractivity contribution is -0.384. The van der Waals surface area contributed by atoms with Gasteiger partial charge in [-0.15, -0.1) is 0 Å². The van der Waals surface area contributed by atoms with Crippen molar-refractivity contribution in [1.29, 1.82) is 0 Å². The molecular formula is C35H34N4O11. The third kappa shape index (κ3) is 9.15. The van der Waals surface area contributed by atoms with E-state index in [2.05, 4.69) is 15.6 Å². The van der Waals surface area contributed by atoms with Crippen LogP contribution in [0.3, 0.4) is 0 Å². The first-order chi connectivity index (χ1) is 23.9. The minimum Gasteiger partial charge on any atom is -0.507 e. The van der Waals surface area contributed by atoms with E-state index in [4.69, 9.17) is 14.2 Å². The number of anilines is 1. The number of para-hydroxylation sites is 1. The Labute approximate surface area is 286 Å². The van der Waals surface area contributed by atoms with E-state index in [1.807, 2.05) is 0 Å². The Hall–Kier alpha value is -6.38. The van der Waals surface area contributed by atoms with Crippen LogP contribution in [-0.2, 0) is 28.6 Å². The Kier molecular flexibility index (Phi) is 12.1. The number of benzene rings is 3. The van der Waals surface area contributed by atoms with Crippen molar-refractivity contribution in [2.24, 2.45) is 10.9 Å². The van der Waals surface area contributed by atoms with Gasteiger partial charge < -0.3 is 30.0 Å². The summed E-state index contributed by atoms with van der Waals surface area (Å²) in [5.41, 5.74) is 1.15.